The predicted molar refractivity (Wildman–Crippen MR) is 41.8 cm³/mol. The third-order valence-electron chi connectivity index (χ3n) is 1.35. The van der Waals surface area contributed by atoms with Crippen LogP contribution in [0, 0.1) is 5.82 Å². The van der Waals surface area contributed by atoms with Crippen molar-refractivity contribution in [2.75, 3.05) is 0 Å². The molecule has 0 spiro atoms. The van der Waals surface area contributed by atoms with E-state index in [0.29, 0.717) is 5.56 Å². The van der Waals surface area contributed by atoms with E-state index in [1.807, 2.05) is 0 Å². The van der Waals surface area contributed by atoms with Gasteiger partial charge in [0.1, 0.15) is 5.82 Å². The maximum atomic E-state index is 12.5. The maximum absolute atomic E-state index is 12.5. The van der Waals surface area contributed by atoms with Gasteiger partial charge in [-0.1, -0.05) is 23.7 Å². The molecule has 0 aliphatic carbocycles. The van der Waals surface area contributed by atoms with Crippen LogP contribution in [0.1, 0.15) is 12.5 Å². The molecule has 0 aromatic heterocycles. The maximum Gasteiger partial charge on any atom is 0.161 e. The van der Waals surface area contributed by atoms with Crippen molar-refractivity contribution >= 4 is 11.6 Å². The average molecular weight is 175 g/mol. The van der Waals surface area contributed by atoms with Gasteiger partial charge in [0, 0.05) is 5.56 Å². The standard InChI is InChI=1S/C8H8ClFO/c1-8(9,11)6-3-2-4-7(10)5-6/h2-5,11H,1H3. The summed E-state index contributed by atoms with van der Waals surface area (Å²) in [5.74, 6) is -0.400. The van der Waals surface area contributed by atoms with Gasteiger partial charge in [-0.25, -0.2) is 4.39 Å². The molecular formula is C8H8ClFO. The molecule has 1 unspecified atom stereocenters. The Morgan fingerprint density at radius 1 is 1.55 bits per heavy atom. The smallest absolute Gasteiger partial charge is 0.161 e. The topological polar surface area (TPSA) is 20.2 Å². The first-order valence-corrected chi connectivity index (χ1v) is 3.55. The van der Waals surface area contributed by atoms with Gasteiger partial charge in [0.15, 0.2) is 5.06 Å². The summed E-state index contributed by atoms with van der Waals surface area (Å²) in [6.45, 7) is 1.39. The van der Waals surface area contributed by atoms with Crippen LogP contribution in [-0.4, -0.2) is 5.11 Å². The summed E-state index contributed by atoms with van der Waals surface area (Å²) in [6, 6.07) is 5.57. The molecule has 60 valence electrons. The Labute approximate surface area is 69.4 Å². The molecule has 3 heteroatoms. The second-order valence-corrected chi connectivity index (χ2v) is 3.20. The van der Waals surface area contributed by atoms with Crippen LogP contribution in [0.4, 0.5) is 4.39 Å². The van der Waals surface area contributed by atoms with Crippen LogP contribution in [0.25, 0.3) is 0 Å². The third-order valence-corrected chi connectivity index (χ3v) is 1.57. The van der Waals surface area contributed by atoms with Gasteiger partial charge >= 0.3 is 0 Å². The molecule has 0 aliphatic rings. The summed E-state index contributed by atoms with van der Waals surface area (Å²) in [5, 5.41) is 7.73. The molecule has 1 aromatic rings. The molecule has 0 radical (unpaired) electrons. The largest absolute Gasteiger partial charge is 0.371 e. The number of rotatable bonds is 1. The number of hydrogen-bond acceptors (Lipinski definition) is 1. The van der Waals surface area contributed by atoms with Gasteiger partial charge in [-0.2, -0.15) is 0 Å². The van der Waals surface area contributed by atoms with Crippen LogP contribution in [-0.2, 0) is 5.06 Å². The molecule has 1 N–H and O–H groups in total. The summed E-state index contributed by atoms with van der Waals surface area (Å²) in [4.78, 5) is 0. The Hall–Kier alpha value is -0.600. The quantitative estimate of drug-likeness (QED) is 0.648. The van der Waals surface area contributed by atoms with Crippen LogP contribution in [0.15, 0.2) is 24.3 Å². The minimum atomic E-state index is -1.48. The van der Waals surface area contributed by atoms with E-state index in [9.17, 15) is 9.50 Å². The normalized spacial score (nSPS) is 16.0. The van der Waals surface area contributed by atoms with Crippen LogP contribution < -0.4 is 0 Å². The zero-order valence-electron chi connectivity index (χ0n) is 6.01. The summed E-state index contributed by atoms with van der Waals surface area (Å²) >= 11 is 5.52. The molecule has 0 saturated carbocycles. The van der Waals surface area contributed by atoms with E-state index in [4.69, 9.17) is 11.6 Å². The van der Waals surface area contributed by atoms with Gasteiger partial charge in [-0.15, -0.1) is 0 Å². The van der Waals surface area contributed by atoms with Gasteiger partial charge in [0.05, 0.1) is 0 Å². The van der Waals surface area contributed by atoms with Crippen LogP contribution in [0.5, 0.6) is 0 Å². The van der Waals surface area contributed by atoms with Crippen molar-refractivity contribution in [2.24, 2.45) is 0 Å². The Bertz CT molecular complexity index is 255. The van der Waals surface area contributed by atoms with E-state index in [0.717, 1.165) is 0 Å². The van der Waals surface area contributed by atoms with E-state index < -0.39 is 10.9 Å². The molecule has 0 fully saturated rings. The number of hydrogen-bond donors (Lipinski definition) is 1. The zero-order valence-corrected chi connectivity index (χ0v) is 6.77. The SMILES string of the molecule is CC(O)(Cl)c1cccc(F)c1. The molecule has 0 saturated heterocycles. The number of aliphatic hydroxyl groups is 1. The fourth-order valence-electron chi connectivity index (χ4n) is 0.772. The summed E-state index contributed by atoms with van der Waals surface area (Å²) in [7, 11) is 0. The molecule has 1 rings (SSSR count). The molecule has 0 amide bonds. The van der Waals surface area contributed by atoms with Crippen molar-refractivity contribution in [3.05, 3.63) is 35.6 Å². The van der Waals surface area contributed by atoms with Gasteiger partial charge < -0.3 is 5.11 Å². The first-order valence-electron chi connectivity index (χ1n) is 3.17. The number of halogens is 2. The first kappa shape index (κ1) is 8.50. The van der Waals surface area contributed by atoms with Crippen molar-refractivity contribution < 1.29 is 9.50 Å². The average Bonchev–Trinajstić information content (AvgIpc) is 1.86. The van der Waals surface area contributed by atoms with E-state index in [2.05, 4.69) is 0 Å². The Morgan fingerprint density at radius 3 is 2.55 bits per heavy atom. The highest BCUT2D eigenvalue weighted by atomic mass is 35.5. The van der Waals surface area contributed by atoms with E-state index in [1.165, 1.54) is 25.1 Å². The van der Waals surface area contributed by atoms with Crippen LogP contribution in [0.3, 0.4) is 0 Å². The second kappa shape index (κ2) is 2.80. The van der Waals surface area contributed by atoms with E-state index in [-0.39, 0.29) is 0 Å². The molecule has 11 heavy (non-hydrogen) atoms. The number of alkyl halides is 1. The van der Waals surface area contributed by atoms with Crippen LogP contribution in [0.2, 0.25) is 0 Å². The highest BCUT2D eigenvalue weighted by molar-refractivity contribution is 6.22. The highest BCUT2D eigenvalue weighted by Crippen LogP contribution is 2.24. The molecule has 1 nitrogen and oxygen atoms in total. The van der Waals surface area contributed by atoms with Crippen molar-refractivity contribution in [2.45, 2.75) is 12.0 Å². The van der Waals surface area contributed by atoms with E-state index >= 15 is 0 Å². The molecule has 1 aromatic carbocycles. The van der Waals surface area contributed by atoms with Crippen LogP contribution >= 0.6 is 11.6 Å². The minimum absolute atomic E-state index is 0.360. The second-order valence-electron chi connectivity index (χ2n) is 2.46. The Morgan fingerprint density at radius 2 is 2.18 bits per heavy atom. The molecule has 0 bridgehead atoms. The van der Waals surface area contributed by atoms with Crippen molar-refractivity contribution in [1.82, 2.24) is 0 Å². The van der Waals surface area contributed by atoms with Crippen molar-refractivity contribution in [1.29, 1.82) is 0 Å². The monoisotopic (exact) mass is 174 g/mol. The fourth-order valence-corrected chi connectivity index (χ4v) is 0.890. The lowest BCUT2D eigenvalue weighted by Gasteiger charge is -2.14. The van der Waals surface area contributed by atoms with Crippen molar-refractivity contribution in [3.8, 4) is 0 Å². The summed E-state index contributed by atoms with van der Waals surface area (Å²) < 4.78 is 12.5. The summed E-state index contributed by atoms with van der Waals surface area (Å²) in [5.41, 5.74) is 0.360. The van der Waals surface area contributed by atoms with Gasteiger partial charge in [0.2, 0.25) is 0 Å². The lowest BCUT2D eigenvalue weighted by atomic mass is 10.1. The molecule has 0 heterocycles. The Kier molecular flexibility index (Phi) is 2.16. The van der Waals surface area contributed by atoms with Gasteiger partial charge in [0.25, 0.3) is 0 Å². The lowest BCUT2D eigenvalue weighted by Crippen LogP contribution is -2.11. The highest BCUT2D eigenvalue weighted by Gasteiger charge is 2.18. The predicted octanol–water partition coefficient (Wildman–Crippen LogP) is 2.23. The third kappa shape index (κ3) is 2.17. The van der Waals surface area contributed by atoms with E-state index in [1.54, 1.807) is 6.07 Å². The minimum Gasteiger partial charge on any atom is -0.371 e. The fraction of sp³-hybridized carbons (Fsp3) is 0.250. The van der Waals surface area contributed by atoms with Gasteiger partial charge in [-0.3, -0.25) is 0 Å². The molecule has 1 atom stereocenters. The Balaban J connectivity index is 3.06. The van der Waals surface area contributed by atoms with Gasteiger partial charge in [-0.05, 0) is 19.1 Å². The summed E-state index contributed by atoms with van der Waals surface area (Å²) in [6.07, 6.45) is 0. The first-order chi connectivity index (χ1) is 5.00. The van der Waals surface area contributed by atoms with Crippen molar-refractivity contribution in [3.63, 3.8) is 0 Å². The lowest BCUT2D eigenvalue weighted by molar-refractivity contribution is 0.150. The molecular weight excluding hydrogens is 167 g/mol. The molecule has 0 aliphatic heterocycles. The zero-order chi connectivity index (χ0) is 8.48. The number of benzene rings is 1.